The normalized spacial score (nSPS) is 21.0. The van der Waals surface area contributed by atoms with Gasteiger partial charge in [0, 0.05) is 18.7 Å². The third-order valence-electron chi connectivity index (χ3n) is 6.67. The van der Waals surface area contributed by atoms with Crippen LogP contribution in [0.2, 0.25) is 0 Å². The molecule has 2 atom stereocenters. The number of hydrogen-bond acceptors (Lipinski definition) is 7. The number of methoxy groups -OCH3 is 1. The Hall–Kier alpha value is -4.17. The maximum atomic E-state index is 13.7. The molecule has 0 saturated carbocycles. The topological polar surface area (TPSA) is 91.4 Å². The quantitative estimate of drug-likeness (QED) is 0.252. The van der Waals surface area contributed by atoms with E-state index in [1.807, 2.05) is 60.7 Å². The Morgan fingerprint density at radius 3 is 2.24 bits per heavy atom. The third kappa shape index (κ3) is 4.68. The van der Waals surface area contributed by atoms with Crippen molar-refractivity contribution < 1.29 is 33.3 Å². The summed E-state index contributed by atoms with van der Waals surface area (Å²) in [6.45, 7) is 0.830. The molecule has 2 aliphatic heterocycles. The summed E-state index contributed by atoms with van der Waals surface area (Å²) in [5.74, 6) is -2.23. The lowest BCUT2D eigenvalue weighted by Crippen LogP contribution is -2.54. The SMILES string of the molecule is COc1cccc(C23OC(=O)C(=O)OC2CN(CCCOC(c2ccccc2)c2ccccc2)C3=O)c1. The van der Waals surface area contributed by atoms with Crippen LogP contribution in [0.3, 0.4) is 0 Å². The molecule has 8 nitrogen and oxygen atoms in total. The number of likely N-dealkylation sites (tertiary alicyclic amines) is 1. The molecule has 2 heterocycles. The Morgan fingerprint density at radius 2 is 1.59 bits per heavy atom. The van der Waals surface area contributed by atoms with Crippen LogP contribution in [0.4, 0.5) is 0 Å². The highest BCUT2D eigenvalue weighted by atomic mass is 16.7. The molecule has 2 aliphatic rings. The van der Waals surface area contributed by atoms with E-state index in [9.17, 15) is 14.4 Å². The maximum absolute atomic E-state index is 13.7. The fourth-order valence-electron chi connectivity index (χ4n) is 4.89. The zero-order chi connectivity index (χ0) is 25.8. The fraction of sp³-hybridized carbons (Fsp3) is 0.276. The minimum Gasteiger partial charge on any atom is -0.497 e. The zero-order valence-electron chi connectivity index (χ0n) is 20.4. The van der Waals surface area contributed by atoms with E-state index in [4.69, 9.17) is 18.9 Å². The first-order chi connectivity index (χ1) is 18.0. The molecular weight excluding hydrogens is 474 g/mol. The zero-order valence-corrected chi connectivity index (χ0v) is 20.4. The Labute approximate surface area is 214 Å². The Kier molecular flexibility index (Phi) is 6.92. The summed E-state index contributed by atoms with van der Waals surface area (Å²) in [5, 5.41) is 0. The van der Waals surface area contributed by atoms with Crippen molar-refractivity contribution in [3.8, 4) is 5.75 Å². The van der Waals surface area contributed by atoms with Crippen molar-refractivity contribution in [2.45, 2.75) is 24.2 Å². The molecule has 2 unspecified atom stereocenters. The highest BCUT2D eigenvalue weighted by Gasteiger charge is 2.64. The highest BCUT2D eigenvalue weighted by Crippen LogP contribution is 2.42. The number of carbonyl (C=O) groups excluding carboxylic acids is 3. The lowest BCUT2D eigenvalue weighted by atomic mass is 9.88. The van der Waals surface area contributed by atoms with Gasteiger partial charge in [-0.15, -0.1) is 0 Å². The summed E-state index contributed by atoms with van der Waals surface area (Å²) in [5.41, 5.74) is 0.729. The van der Waals surface area contributed by atoms with Crippen LogP contribution in [0.15, 0.2) is 84.9 Å². The molecule has 0 bridgehead atoms. The fourth-order valence-corrected chi connectivity index (χ4v) is 4.89. The number of fused-ring (bicyclic) bond motifs is 1. The van der Waals surface area contributed by atoms with E-state index in [1.54, 1.807) is 29.2 Å². The summed E-state index contributed by atoms with van der Waals surface area (Å²) in [6, 6.07) is 26.6. The van der Waals surface area contributed by atoms with Gasteiger partial charge < -0.3 is 23.8 Å². The van der Waals surface area contributed by atoms with Crippen LogP contribution < -0.4 is 4.74 Å². The molecule has 37 heavy (non-hydrogen) atoms. The predicted octanol–water partition coefficient (Wildman–Crippen LogP) is 3.40. The minimum atomic E-state index is -1.74. The molecule has 0 aromatic heterocycles. The lowest BCUT2D eigenvalue weighted by Gasteiger charge is -2.35. The third-order valence-corrected chi connectivity index (χ3v) is 6.67. The van der Waals surface area contributed by atoms with E-state index in [1.165, 1.54) is 7.11 Å². The van der Waals surface area contributed by atoms with Crippen molar-refractivity contribution in [3.05, 3.63) is 102 Å². The molecule has 0 spiro atoms. The molecule has 5 rings (SSSR count). The van der Waals surface area contributed by atoms with Crippen molar-refractivity contribution in [1.29, 1.82) is 0 Å². The Balaban J connectivity index is 1.31. The Bertz CT molecular complexity index is 1240. The first-order valence-electron chi connectivity index (χ1n) is 12.1. The average Bonchev–Trinajstić information content (AvgIpc) is 3.21. The highest BCUT2D eigenvalue weighted by molar-refractivity contribution is 6.31. The van der Waals surface area contributed by atoms with E-state index >= 15 is 0 Å². The second kappa shape index (κ2) is 10.4. The number of esters is 2. The van der Waals surface area contributed by atoms with Crippen LogP contribution in [-0.4, -0.2) is 55.7 Å². The van der Waals surface area contributed by atoms with Gasteiger partial charge in [-0.1, -0.05) is 72.8 Å². The molecule has 8 heteroatoms. The number of carbonyl (C=O) groups is 3. The van der Waals surface area contributed by atoms with Gasteiger partial charge in [0.05, 0.1) is 13.7 Å². The molecular formula is C29H27NO7. The molecule has 3 aromatic carbocycles. The van der Waals surface area contributed by atoms with Gasteiger partial charge in [-0.05, 0) is 29.7 Å². The maximum Gasteiger partial charge on any atom is 0.419 e. The van der Waals surface area contributed by atoms with Crippen LogP contribution in [0.25, 0.3) is 0 Å². The minimum absolute atomic E-state index is 0.107. The van der Waals surface area contributed by atoms with Crippen molar-refractivity contribution in [2.24, 2.45) is 0 Å². The van der Waals surface area contributed by atoms with Crippen molar-refractivity contribution >= 4 is 17.8 Å². The predicted molar refractivity (Wildman–Crippen MR) is 133 cm³/mol. The van der Waals surface area contributed by atoms with E-state index in [-0.39, 0.29) is 12.6 Å². The van der Waals surface area contributed by atoms with Crippen LogP contribution >= 0.6 is 0 Å². The number of rotatable bonds is 9. The smallest absolute Gasteiger partial charge is 0.419 e. The van der Waals surface area contributed by atoms with E-state index in [0.717, 1.165) is 11.1 Å². The first-order valence-corrected chi connectivity index (χ1v) is 12.1. The van der Waals surface area contributed by atoms with Crippen LogP contribution in [0.5, 0.6) is 5.75 Å². The van der Waals surface area contributed by atoms with Gasteiger partial charge in [0.1, 0.15) is 11.9 Å². The van der Waals surface area contributed by atoms with E-state index in [2.05, 4.69) is 0 Å². The van der Waals surface area contributed by atoms with Gasteiger partial charge in [-0.25, -0.2) is 9.59 Å². The molecule has 190 valence electrons. The molecule has 0 N–H and O–H groups in total. The van der Waals surface area contributed by atoms with Crippen LogP contribution in [0.1, 0.15) is 29.2 Å². The lowest BCUT2D eigenvalue weighted by molar-refractivity contribution is -0.209. The second-order valence-corrected chi connectivity index (χ2v) is 8.93. The Morgan fingerprint density at radius 1 is 0.919 bits per heavy atom. The number of ether oxygens (including phenoxy) is 4. The number of hydrogen-bond donors (Lipinski definition) is 0. The van der Waals surface area contributed by atoms with Crippen molar-refractivity contribution in [2.75, 3.05) is 26.8 Å². The summed E-state index contributed by atoms with van der Waals surface area (Å²) >= 11 is 0. The molecule has 1 amide bonds. The van der Waals surface area contributed by atoms with Gasteiger partial charge in [-0.2, -0.15) is 0 Å². The summed E-state index contributed by atoms with van der Waals surface area (Å²) in [6.07, 6.45) is -0.672. The van der Waals surface area contributed by atoms with E-state index < -0.39 is 29.6 Å². The van der Waals surface area contributed by atoms with Gasteiger partial charge in [0.2, 0.25) is 0 Å². The summed E-state index contributed by atoms with van der Waals surface area (Å²) in [4.78, 5) is 39.4. The molecule has 0 radical (unpaired) electrons. The average molecular weight is 502 g/mol. The number of benzene rings is 3. The monoisotopic (exact) mass is 501 g/mol. The second-order valence-electron chi connectivity index (χ2n) is 8.93. The largest absolute Gasteiger partial charge is 0.497 e. The van der Waals surface area contributed by atoms with Gasteiger partial charge in [0.15, 0.2) is 6.10 Å². The standard InChI is InChI=1S/C29H27NO7/c1-34-23-15-8-14-22(18-23)29-24(36-26(31)27(32)37-29)19-30(28(29)33)16-9-17-35-25(20-10-4-2-5-11-20)21-12-6-3-7-13-21/h2-8,10-15,18,24-25H,9,16-17,19H2,1H3. The van der Waals surface area contributed by atoms with Crippen LogP contribution in [-0.2, 0) is 34.2 Å². The van der Waals surface area contributed by atoms with Gasteiger partial charge in [0.25, 0.3) is 11.5 Å². The molecule has 2 fully saturated rings. The number of nitrogens with zero attached hydrogens (tertiary/aromatic N) is 1. The number of amides is 1. The van der Waals surface area contributed by atoms with Crippen molar-refractivity contribution in [3.63, 3.8) is 0 Å². The van der Waals surface area contributed by atoms with E-state index in [0.29, 0.717) is 30.9 Å². The van der Waals surface area contributed by atoms with Gasteiger partial charge >= 0.3 is 11.9 Å². The first kappa shape index (κ1) is 24.5. The summed E-state index contributed by atoms with van der Waals surface area (Å²) < 4.78 is 22.4. The van der Waals surface area contributed by atoms with Crippen LogP contribution in [0, 0.1) is 0 Å². The summed E-state index contributed by atoms with van der Waals surface area (Å²) in [7, 11) is 1.50. The molecule has 3 aromatic rings. The molecule has 2 saturated heterocycles. The molecule has 0 aliphatic carbocycles. The van der Waals surface area contributed by atoms with Gasteiger partial charge in [-0.3, -0.25) is 4.79 Å². The van der Waals surface area contributed by atoms with Crippen molar-refractivity contribution in [1.82, 2.24) is 4.90 Å².